The number of likely N-dealkylation sites (tertiary alicyclic amines) is 1. The maximum atomic E-state index is 12.1. The van der Waals surface area contributed by atoms with Crippen LogP contribution in [0.3, 0.4) is 0 Å². The maximum absolute atomic E-state index is 12.1. The first-order valence-corrected chi connectivity index (χ1v) is 9.49. The zero-order valence-electron chi connectivity index (χ0n) is 13.9. The first kappa shape index (κ1) is 17.2. The number of aromatic nitrogens is 1. The largest absolute Gasteiger partial charge is 0.441 e. The van der Waals surface area contributed by atoms with E-state index in [1.165, 1.54) is 24.6 Å². The van der Waals surface area contributed by atoms with Crippen LogP contribution in [0.4, 0.5) is 5.69 Å². The number of thioether (sulfide) groups is 1. The summed E-state index contributed by atoms with van der Waals surface area (Å²) in [5.74, 6) is 1.64. The highest BCUT2D eigenvalue weighted by molar-refractivity contribution is 8.23. The molecular formula is C17H21N3O2S2. The number of carbonyl (C=O) groups excluding carboxylic acids is 1. The second-order valence-electron chi connectivity index (χ2n) is 6.19. The van der Waals surface area contributed by atoms with Gasteiger partial charge in [-0.05, 0) is 30.9 Å². The van der Waals surface area contributed by atoms with Crippen molar-refractivity contribution in [3.8, 4) is 0 Å². The second kappa shape index (κ2) is 7.53. The Morgan fingerprint density at radius 3 is 2.96 bits per heavy atom. The molecule has 1 aliphatic rings. The van der Waals surface area contributed by atoms with Crippen molar-refractivity contribution >= 4 is 51.0 Å². The normalized spacial score (nSPS) is 15.7. The van der Waals surface area contributed by atoms with E-state index in [-0.39, 0.29) is 5.91 Å². The van der Waals surface area contributed by atoms with Gasteiger partial charge in [-0.1, -0.05) is 30.9 Å². The molecule has 7 heteroatoms. The minimum Gasteiger partial charge on any atom is -0.441 e. The van der Waals surface area contributed by atoms with Crippen molar-refractivity contribution in [3.63, 3.8) is 0 Å². The highest BCUT2D eigenvalue weighted by atomic mass is 32.2. The smallest absolute Gasteiger partial charge is 0.234 e. The van der Waals surface area contributed by atoms with E-state index in [0.29, 0.717) is 22.9 Å². The molecule has 1 saturated heterocycles. The summed E-state index contributed by atoms with van der Waals surface area (Å²) in [6.45, 7) is 6.07. The van der Waals surface area contributed by atoms with Crippen molar-refractivity contribution in [2.45, 2.75) is 26.7 Å². The third-order valence-electron chi connectivity index (χ3n) is 4.15. The molecule has 24 heavy (non-hydrogen) atoms. The number of aryl methyl sites for hydroxylation is 1. The zero-order valence-corrected chi connectivity index (χ0v) is 15.5. The van der Waals surface area contributed by atoms with Crippen molar-refractivity contribution in [2.75, 3.05) is 24.2 Å². The molecule has 0 bridgehead atoms. The molecule has 1 aliphatic heterocycles. The average molecular weight is 364 g/mol. The molecule has 2 heterocycles. The van der Waals surface area contributed by atoms with E-state index in [1.54, 1.807) is 13.0 Å². The van der Waals surface area contributed by atoms with Gasteiger partial charge in [-0.25, -0.2) is 4.98 Å². The number of piperidine rings is 1. The van der Waals surface area contributed by atoms with Gasteiger partial charge in [-0.2, -0.15) is 0 Å². The number of rotatable bonds is 3. The molecule has 1 aromatic carbocycles. The van der Waals surface area contributed by atoms with Gasteiger partial charge < -0.3 is 14.6 Å². The highest BCUT2D eigenvalue weighted by Crippen LogP contribution is 2.22. The van der Waals surface area contributed by atoms with E-state index in [9.17, 15) is 4.79 Å². The van der Waals surface area contributed by atoms with Gasteiger partial charge in [0.05, 0.1) is 5.75 Å². The van der Waals surface area contributed by atoms with Crippen molar-refractivity contribution in [2.24, 2.45) is 5.92 Å². The summed E-state index contributed by atoms with van der Waals surface area (Å²) < 4.78 is 6.30. The van der Waals surface area contributed by atoms with Crippen molar-refractivity contribution in [3.05, 3.63) is 24.1 Å². The van der Waals surface area contributed by atoms with Crippen LogP contribution in [0.1, 0.15) is 25.7 Å². The van der Waals surface area contributed by atoms with Crippen molar-refractivity contribution in [1.29, 1.82) is 0 Å². The molecule has 5 nitrogen and oxygen atoms in total. The molecule has 0 aliphatic carbocycles. The molecule has 1 amide bonds. The summed E-state index contributed by atoms with van der Waals surface area (Å²) in [4.78, 5) is 18.6. The summed E-state index contributed by atoms with van der Waals surface area (Å²) in [7, 11) is 0. The lowest BCUT2D eigenvalue weighted by Gasteiger charge is -2.31. The van der Waals surface area contributed by atoms with Gasteiger partial charge in [0.2, 0.25) is 5.91 Å². The minimum absolute atomic E-state index is 0.0664. The van der Waals surface area contributed by atoms with Gasteiger partial charge in [0.1, 0.15) is 9.84 Å². The Balaban J connectivity index is 1.50. The molecule has 3 rings (SSSR count). The number of oxazole rings is 1. The summed E-state index contributed by atoms with van der Waals surface area (Å²) in [5.41, 5.74) is 2.18. The molecule has 2 aromatic rings. The molecule has 1 N–H and O–H groups in total. The first-order chi connectivity index (χ1) is 11.5. The van der Waals surface area contributed by atoms with Crippen molar-refractivity contribution < 1.29 is 9.21 Å². The Bertz CT molecular complexity index is 751. The molecule has 0 unspecified atom stereocenters. The van der Waals surface area contributed by atoms with Crippen molar-refractivity contribution in [1.82, 2.24) is 9.88 Å². The number of hydrogen-bond donors (Lipinski definition) is 1. The molecule has 0 radical (unpaired) electrons. The molecule has 0 atom stereocenters. The SMILES string of the molecule is Cc1nc2ccc(NC(=O)CSC(=S)N3CCC(C)CC3)cc2o1. The van der Waals surface area contributed by atoms with Gasteiger partial charge in [-0.15, -0.1) is 0 Å². The predicted octanol–water partition coefficient (Wildman–Crippen LogP) is 3.82. The van der Waals surface area contributed by atoms with Gasteiger partial charge in [0, 0.05) is 31.8 Å². The Hall–Kier alpha value is -1.60. The average Bonchev–Trinajstić information content (AvgIpc) is 2.92. The third-order valence-corrected chi connectivity index (χ3v) is 5.67. The molecule has 0 saturated carbocycles. The fourth-order valence-electron chi connectivity index (χ4n) is 2.72. The van der Waals surface area contributed by atoms with Crippen LogP contribution in [0.25, 0.3) is 11.1 Å². The molecule has 0 spiro atoms. The topological polar surface area (TPSA) is 58.4 Å². The number of anilines is 1. The number of amides is 1. The van der Waals surface area contributed by atoms with Crippen LogP contribution in [0.2, 0.25) is 0 Å². The van der Waals surface area contributed by atoms with E-state index < -0.39 is 0 Å². The van der Waals surface area contributed by atoms with E-state index in [2.05, 4.69) is 22.1 Å². The fourth-order valence-corrected chi connectivity index (χ4v) is 3.78. The Morgan fingerprint density at radius 1 is 1.46 bits per heavy atom. The van der Waals surface area contributed by atoms with Gasteiger partial charge >= 0.3 is 0 Å². The number of thiocarbonyl (C=S) groups is 1. The molecule has 1 fully saturated rings. The predicted molar refractivity (Wildman–Crippen MR) is 102 cm³/mol. The number of benzene rings is 1. The van der Waals surface area contributed by atoms with Crippen LogP contribution in [0.15, 0.2) is 22.6 Å². The summed E-state index contributed by atoms with van der Waals surface area (Å²) >= 11 is 6.88. The second-order valence-corrected chi connectivity index (χ2v) is 7.80. The van der Waals surface area contributed by atoms with Gasteiger partial charge in [0.25, 0.3) is 0 Å². The van der Waals surface area contributed by atoms with Crippen LogP contribution in [-0.2, 0) is 4.79 Å². The van der Waals surface area contributed by atoms with Crippen LogP contribution in [0, 0.1) is 12.8 Å². The number of nitrogens with zero attached hydrogens (tertiary/aromatic N) is 2. The highest BCUT2D eigenvalue weighted by Gasteiger charge is 2.18. The van der Waals surface area contributed by atoms with Crippen LogP contribution < -0.4 is 5.32 Å². The summed E-state index contributed by atoms with van der Waals surface area (Å²) in [6, 6.07) is 5.47. The first-order valence-electron chi connectivity index (χ1n) is 8.10. The lowest BCUT2D eigenvalue weighted by atomic mass is 10.00. The lowest BCUT2D eigenvalue weighted by molar-refractivity contribution is -0.113. The third kappa shape index (κ3) is 4.27. The van der Waals surface area contributed by atoms with Crippen LogP contribution in [-0.4, -0.2) is 39.0 Å². The Morgan fingerprint density at radius 2 is 2.21 bits per heavy atom. The zero-order chi connectivity index (χ0) is 17.1. The number of hydrogen-bond acceptors (Lipinski definition) is 5. The van der Waals surface area contributed by atoms with Gasteiger partial charge in [0.15, 0.2) is 11.5 Å². The maximum Gasteiger partial charge on any atom is 0.234 e. The molecule has 1 aromatic heterocycles. The quantitative estimate of drug-likeness (QED) is 0.837. The van der Waals surface area contributed by atoms with Crippen LogP contribution in [0.5, 0.6) is 0 Å². The fraction of sp³-hybridized carbons (Fsp3) is 0.471. The number of fused-ring (bicyclic) bond motifs is 1. The van der Waals surface area contributed by atoms with E-state index in [0.717, 1.165) is 28.8 Å². The lowest BCUT2D eigenvalue weighted by Crippen LogP contribution is -2.36. The van der Waals surface area contributed by atoms with E-state index >= 15 is 0 Å². The Kier molecular flexibility index (Phi) is 5.40. The molecular weight excluding hydrogens is 342 g/mol. The van der Waals surface area contributed by atoms with E-state index in [1.807, 2.05) is 12.1 Å². The van der Waals surface area contributed by atoms with E-state index in [4.69, 9.17) is 16.6 Å². The monoisotopic (exact) mass is 363 g/mol. The Labute approximate surface area is 151 Å². The van der Waals surface area contributed by atoms with Gasteiger partial charge in [-0.3, -0.25) is 4.79 Å². The summed E-state index contributed by atoms with van der Waals surface area (Å²) in [6.07, 6.45) is 2.34. The molecule has 128 valence electrons. The number of carbonyl (C=O) groups is 1. The number of nitrogens with one attached hydrogen (secondary N) is 1. The minimum atomic E-state index is -0.0664. The summed E-state index contributed by atoms with van der Waals surface area (Å²) in [5, 5.41) is 2.88. The van der Waals surface area contributed by atoms with Crippen LogP contribution >= 0.6 is 24.0 Å². The standard InChI is InChI=1S/C17H21N3O2S2/c1-11-5-7-20(8-6-11)17(23)24-10-16(21)19-13-3-4-14-15(9-13)22-12(2)18-14/h3-4,9,11H,5-8,10H2,1-2H3,(H,19,21).